The minimum Gasteiger partial charge on any atom is -0.444 e. The van der Waals surface area contributed by atoms with Gasteiger partial charge in [0.25, 0.3) is 0 Å². The molecule has 1 amide bonds. The van der Waals surface area contributed by atoms with E-state index in [0.717, 1.165) is 6.08 Å². The zero-order valence-electron chi connectivity index (χ0n) is 12.2. The summed E-state index contributed by atoms with van der Waals surface area (Å²) >= 11 is 0. The Morgan fingerprint density at radius 1 is 1.35 bits per heavy atom. The largest absolute Gasteiger partial charge is 0.444 e. The van der Waals surface area contributed by atoms with E-state index in [0.29, 0.717) is 0 Å². The first kappa shape index (κ1) is 16.8. The summed E-state index contributed by atoms with van der Waals surface area (Å²) in [6.07, 6.45) is -4.10. The summed E-state index contributed by atoms with van der Waals surface area (Å²) in [6, 6.07) is -0.804. The van der Waals surface area contributed by atoms with E-state index >= 15 is 0 Å². The van der Waals surface area contributed by atoms with E-state index in [1.165, 1.54) is 4.90 Å². The highest BCUT2D eigenvalue weighted by molar-refractivity contribution is 5.70. The summed E-state index contributed by atoms with van der Waals surface area (Å²) in [5.41, 5.74) is -1.74. The molecule has 0 aromatic rings. The van der Waals surface area contributed by atoms with Crippen molar-refractivity contribution in [3.05, 3.63) is 12.2 Å². The number of nitrogens with zero attached hydrogens (tertiary/aromatic N) is 1. The average Bonchev–Trinajstić information content (AvgIpc) is 2.46. The number of rotatable bonds is 1. The van der Waals surface area contributed by atoms with Crippen LogP contribution in [0.25, 0.3) is 0 Å². The van der Waals surface area contributed by atoms with E-state index in [1.807, 2.05) is 0 Å². The van der Waals surface area contributed by atoms with Crippen LogP contribution in [0.3, 0.4) is 0 Å². The van der Waals surface area contributed by atoms with Gasteiger partial charge in [-0.15, -0.1) is 0 Å². The van der Waals surface area contributed by atoms with Gasteiger partial charge >= 0.3 is 12.3 Å². The van der Waals surface area contributed by atoms with Crippen molar-refractivity contribution in [2.24, 2.45) is 0 Å². The number of amides is 1. The molecule has 0 aromatic heterocycles. The van der Waals surface area contributed by atoms with Crippen LogP contribution < -0.4 is 0 Å². The maximum absolute atomic E-state index is 12.2. The van der Waals surface area contributed by atoms with Gasteiger partial charge in [0.05, 0.1) is 12.6 Å². The number of alkyl halides is 3. The number of halogens is 3. The Morgan fingerprint density at radius 2 is 1.90 bits per heavy atom. The highest BCUT2D eigenvalue weighted by Gasteiger charge is 2.45. The topological polar surface area (TPSA) is 38.8 Å². The molecule has 20 heavy (non-hydrogen) atoms. The molecule has 1 saturated heterocycles. The number of hydrogen-bond acceptors (Lipinski definition) is 3. The molecule has 1 heterocycles. The number of hydrogen-bond donors (Lipinski definition) is 0. The number of ether oxygens (including phenoxy) is 2. The van der Waals surface area contributed by atoms with Crippen LogP contribution in [0.5, 0.6) is 0 Å². The van der Waals surface area contributed by atoms with Gasteiger partial charge in [-0.25, -0.2) is 4.79 Å². The second-order valence-electron chi connectivity index (χ2n) is 6.08. The molecular formula is C13H20F3NO3. The first-order chi connectivity index (χ1) is 8.82. The van der Waals surface area contributed by atoms with Crippen molar-refractivity contribution >= 4 is 6.09 Å². The van der Waals surface area contributed by atoms with E-state index in [-0.39, 0.29) is 12.7 Å². The van der Waals surface area contributed by atoms with Gasteiger partial charge in [-0.05, 0) is 34.6 Å². The van der Waals surface area contributed by atoms with Gasteiger partial charge in [0.15, 0.2) is 0 Å². The number of carbonyl (C=O) groups is 1. The Kier molecular flexibility index (Phi) is 4.43. The third-order valence-electron chi connectivity index (χ3n) is 2.62. The van der Waals surface area contributed by atoms with Crippen molar-refractivity contribution in [2.45, 2.75) is 58.2 Å². The lowest BCUT2D eigenvalue weighted by Gasteiger charge is -2.34. The molecule has 1 aliphatic heterocycles. The van der Waals surface area contributed by atoms with Gasteiger partial charge in [-0.2, -0.15) is 13.2 Å². The highest BCUT2D eigenvalue weighted by atomic mass is 19.4. The third-order valence-corrected chi connectivity index (χ3v) is 2.62. The standard InChI is InChI=1S/C13H20F3NO3/c1-11(2,3)20-10(18)17-9(6-7-13(14,15)16)8-19-12(17,4)5/h6-7,9H,8H2,1-5H3/b7-6+/t9-/m1/s1. The molecule has 0 N–H and O–H groups in total. The highest BCUT2D eigenvalue weighted by Crippen LogP contribution is 2.30. The maximum atomic E-state index is 12.2. The van der Waals surface area contributed by atoms with Crippen LogP contribution in [0, 0.1) is 0 Å². The quantitative estimate of drug-likeness (QED) is 0.695. The van der Waals surface area contributed by atoms with Crippen molar-refractivity contribution in [2.75, 3.05) is 6.61 Å². The fourth-order valence-electron chi connectivity index (χ4n) is 1.86. The predicted octanol–water partition coefficient (Wildman–Crippen LogP) is 3.48. The fraction of sp³-hybridized carbons (Fsp3) is 0.769. The van der Waals surface area contributed by atoms with Crippen molar-refractivity contribution in [3.8, 4) is 0 Å². The maximum Gasteiger partial charge on any atom is 0.413 e. The van der Waals surface area contributed by atoms with Crippen LogP contribution in [-0.2, 0) is 9.47 Å². The third kappa shape index (κ3) is 4.70. The molecule has 0 aliphatic carbocycles. The molecular weight excluding hydrogens is 275 g/mol. The van der Waals surface area contributed by atoms with Crippen molar-refractivity contribution in [1.82, 2.24) is 4.90 Å². The van der Waals surface area contributed by atoms with Crippen LogP contribution in [0.4, 0.5) is 18.0 Å². The van der Waals surface area contributed by atoms with Crippen LogP contribution in [-0.4, -0.2) is 41.1 Å². The number of carbonyl (C=O) groups excluding carboxylic acids is 1. The van der Waals surface area contributed by atoms with E-state index in [4.69, 9.17) is 9.47 Å². The Hall–Kier alpha value is -1.24. The lowest BCUT2D eigenvalue weighted by molar-refractivity contribution is -0.0809. The van der Waals surface area contributed by atoms with Crippen molar-refractivity contribution in [3.63, 3.8) is 0 Å². The molecule has 1 fully saturated rings. The monoisotopic (exact) mass is 295 g/mol. The molecule has 0 unspecified atom stereocenters. The second kappa shape index (κ2) is 5.27. The van der Waals surface area contributed by atoms with Crippen LogP contribution >= 0.6 is 0 Å². The molecule has 0 radical (unpaired) electrons. The van der Waals surface area contributed by atoms with E-state index < -0.39 is 29.6 Å². The first-order valence-electron chi connectivity index (χ1n) is 6.24. The Morgan fingerprint density at radius 3 is 2.35 bits per heavy atom. The van der Waals surface area contributed by atoms with E-state index in [9.17, 15) is 18.0 Å². The minimum absolute atomic E-state index is 0.00117. The van der Waals surface area contributed by atoms with Crippen molar-refractivity contribution in [1.29, 1.82) is 0 Å². The van der Waals surface area contributed by atoms with E-state index in [2.05, 4.69) is 0 Å². The fourth-order valence-corrected chi connectivity index (χ4v) is 1.86. The van der Waals surface area contributed by atoms with Gasteiger partial charge in [-0.3, -0.25) is 4.90 Å². The summed E-state index contributed by atoms with van der Waals surface area (Å²) in [6.45, 7) is 8.29. The summed E-state index contributed by atoms with van der Waals surface area (Å²) in [5, 5.41) is 0. The smallest absolute Gasteiger partial charge is 0.413 e. The van der Waals surface area contributed by atoms with Crippen molar-refractivity contribution < 1.29 is 27.4 Å². The van der Waals surface area contributed by atoms with Gasteiger partial charge in [0.1, 0.15) is 11.3 Å². The molecule has 116 valence electrons. The Labute approximate surface area is 116 Å². The predicted molar refractivity (Wildman–Crippen MR) is 67.1 cm³/mol. The molecule has 0 saturated carbocycles. The second-order valence-corrected chi connectivity index (χ2v) is 6.08. The zero-order valence-corrected chi connectivity index (χ0v) is 12.2. The van der Waals surface area contributed by atoms with Crippen LogP contribution in [0.15, 0.2) is 12.2 Å². The molecule has 0 aromatic carbocycles. The molecule has 1 atom stereocenters. The minimum atomic E-state index is -4.42. The van der Waals surface area contributed by atoms with Crippen LogP contribution in [0.2, 0.25) is 0 Å². The van der Waals surface area contributed by atoms with Crippen LogP contribution in [0.1, 0.15) is 34.6 Å². The zero-order chi connectivity index (χ0) is 15.8. The van der Waals surface area contributed by atoms with Gasteiger partial charge in [0.2, 0.25) is 0 Å². The summed E-state index contributed by atoms with van der Waals surface area (Å²) in [4.78, 5) is 13.3. The van der Waals surface area contributed by atoms with Gasteiger partial charge in [-0.1, -0.05) is 6.08 Å². The SMILES string of the molecule is CC(C)(C)OC(=O)N1[C@H](/C=C/C(F)(F)F)COC1(C)C. The summed E-state index contributed by atoms with van der Waals surface area (Å²) in [7, 11) is 0. The Balaban J connectivity index is 2.91. The summed E-state index contributed by atoms with van der Waals surface area (Å²) in [5.74, 6) is 0. The normalized spacial score (nSPS) is 23.4. The average molecular weight is 295 g/mol. The molecule has 1 rings (SSSR count). The molecule has 0 spiro atoms. The summed E-state index contributed by atoms with van der Waals surface area (Å²) < 4.78 is 47.3. The van der Waals surface area contributed by atoms with E-state index in [1.54, 1.807) is 34.6 Å². The molecule has 7 heteroatoms. The first-order valence-corrected chi connectivity index (χ1v) is 6.24. The van der Waals surface area contributed by atoms with Gasteiger partial charge < -0.3 is 9.47 Å². The lowest BCUT2D eigenvalue weighted by Crippen LogP contribution is -2.49. The molecule has 4 nitrogen and oxygen atoms in total. The molecule has 0 bridgehead atoms. The molecule has 1 aliphatic rings. The Bertz CT molecular complexity index is 397. The lowest BCUT2D eigenvalue weighted by atomic mass is 10.2. The van der Waals surface area contributed by atoms with Gasteiger partial charge in [0, 0.05) is 6.08 Å². The number of allylic oxidation sites excluding steroid dienone is 1.